The van der Waals surface area contributed by atoms with Crippen LogP contribution in [0.3, 0.4) is 0 Å². The van der Waals surface area contributed by atoms with Gasteiger partial charge in [-0.3, -0.25) is 15.2 Å². The fourth-order valence-electron chi connectivity index (χ4n) is 1.99. The minimum Gasteiger partial charge on any atom is -0.282 e. The van der Waals surface area contributed by atoms with Crippen LogP contribution in [0.15, 0.2) is 24.3 Å². The van der Waals surface area contributed by atoms with Crippen molar-refractivity contribution >= 4 is 11.6 Å². The molecule has 1 unspecified atom stereocenters. The third kappa shape index (κ3) is 1.82. The lowest BCUT2D eigenvalue weighted by Gasteiger charge is -2.24. The van der Waals surface area contributed by atoms with E-state index in [4.69, 9.17) is 0 Å². The van der Waals surface area contributed by atoms with Crippen molar-refractivity contribution in [3.63, 3.8) is 0 Å². The molecule has 1 aromatic rings. The average molecular weight is 204 g/mol. The highest BCUT2D eigenvalue weighted by molar-refractivity contribution is 5.82. The molecule has 0 saturated carbocycles. The molecular formula is C12H16N2O. The second-order valence-electron chi connectivity index (χ2n) is 3.94. The summed E-state index contributed by atoms with van der Waals surface area (Å²) < 4.78 is 0. The predicted octanol–water partition coefficient (Wildman–Crippen LogP) is 1.88. The van der Waals surface area contributed by atoms with Crippen molar-refractivity contribution < 1.29 is 4.79 Å². The second kappa shape index (κ2) is 3.93. The summed E-state index contributed by atoms with van der Waals surface area (Å²) in [6.45, 7) is 4.19. The number of nitrogens with zero attached hydrogens (tertiary/aromatic N) is 1. The molecule has 0 aliphatic carbocycles. The number of amides is 1. The van der Waals surface area contributed by atoms with Gasteiger partial charge in [-0.15, -0.1) is 0 Å². The minimum atomic E-state index is 0.105. The first kappa shape index (κ1) is 10.0. The maximum atomic E-state index is 11.3. The Hall–Kier alpha value is -1.51. The van der Waals surface area contributed by atoms with Gasteiger partial charge in [-0.2, -0.15) is 0 Å². The minimum absolute atomic E-state index is 0.105. The van der Waals surface area contributed by atoms with Gasteiger partial charge < -0.3 is 0 Å². The number of carbonyl (C=O) groups is 1. The molecule has 1 aliphatic rings. The van der Waals surface area contributed by atoms with E-state index >= 15 is 0 Å². The summed E-state index contributed by atoms with van der Waals surface area (Å²) in [5, 5.41) is 1.97. The summed E-state index contributed by atoms with van der Waals surface area (Å²) in [7, 11) is 0. The smallest absolute Gasteiger partial charge is 0.240 e. The van der Waals surface area contributed by atoms with E-state index < -0.39 is 0 Å². The molecule has 1 aliphatic heterocycles. The van der Waals surface area contributed by atoms with Crippen molar-refractivity contribution in [2.45, 2.75) is 32.7 Å². The van der Waals surface area contributed by atoms with E-state index in [1.807, 2.05) is 17.1 Å². The second-order valence-corrected chi connectivity index (χ2v) is 3.94. The summed E-state index contributed by atoms with van der Waals surface area (Å²) in [6.07, 6.45) is 1.56. The monoisotopic (exact) mass is 204 g/mol. The Morgan fingerprint density at radius 3 is 2.80 bits per heavy atom. The highest BCUT2D eigenvalue weighted by Crippen LogP contribution is 2.24. The van der Waals surface area contributed by atoms with Gasteiger partial charge in [0.2, 0.25) is 5.91 Å². The number of hydrogen-bond donors (Lipinski definition) is 1. The molecule has 0 aromatic heterocycles. The molecule has 2 rings (SSSR count). The first-order valence-electron chi connectivity index (χ1n) is 5.39. The van der Waals surface area contributed by atoms with Gasteiger partial charge in [-0.1, -0.05) is 25.1 Å². The predicted molar refractivity (Wildman–Crippen MR) is 60.5 cm³/mol. The Morgan fingerprint density at radius 1 is 1.47 bits per heavy atom. The number of anilines is 1. The Balaban J connectivity index is 2.32. The van der Waals surface area contributed by atoms with Crippen LogP contribution in [-0.4, -0.2) is 11.9 Å². The molecule has 3 heteroatoms. The third-order valence-electron chi connectivity index (χ3n) is 2.80. The number of nitrogens with one attached hydrogen (secondary N) is 1. The van der Waals surface area contributed by atoms with Gasteiger partial charge in [-0.05, 0) is 25.0 Å². The number of para-hydroxylation sites is 1. The summed E-state index contributed by atoms with van der Waals surface area (Å²) in [4.78, 5) is 11.3. The zero-order valence-electron chi connectivity index (χ0n) is 9.16. The van der Waals surface area contributed by atoms with Gasteiger partial charge in [-0.25, -0.2) is 0 Å². The molecule has 15 heavy (non-hydrogen) atoms. The Labute approximate surface area is 90.1 Å². The molecule has 1 N–H and O–H groups in total. The zero-order chi connectivity index (χ0) is 10.8. The molecule has 0 spiro atoms. The van der Waals surface area contributed by atoms with E-state index in [1.165, 1.54) is 5.56 Å². The van der Waals surface area contributed by atoms with E-state index in [-0.39, 0.29) is 11.9 Å². The fourth-order valence-corrected chi connectivity index (χ4v) is 1.99. The van der Waals surface area contributed by atoms with Crippen LogP contribution in [-0.2, 0) is 11.2 Å². The molecule has 1 heterocycles. The highest BCUT2D eigenvalue weighted by Gasteiger charge is 2.27. The molecule has 3 nitrogen and oxygen atoms in total. The molecule has 0 radical (unpaired) electrons. The van der Waals surface area contributed by atoms with E-state index in [2.05, 4.69) is 31.4 Å². The Kier molecular flexibility index (Phi) is 2.62. The number of hydrazine groups is 1. The molecule has 1 amide bonds. The van der Waals surface area contributed by atoms with Crippen LogP contribution in [0.1, 0.15) is 25.8 Å². The van der Waals surface area contributed by atoms with Crippen LogP contribution >= 0.6 is 0 Å². The summed E-state index contributed by atoms with van der Waals surface area (Å²) >= 11 is 0. The van der Waals surface area contributed by atoms with Gasteiger partial charge in [0.1, 0.15) is 0 Å². The van der Waals surface area contributed by atoms with Crippen LogP contribution < -0.4 is 10.4 Å². The maximum absolute atomic E-state index is 11.3. The first-order chi connectivity index (χ1) is 7.22. The van der Waals surface area contributed by atoms with Crippen molar-refractivity contribution in [3.05, 3.63) is 29.8 Å². The van der Waals surface area contributed by atoms with E-state index in [0.717, 1.165) is 12.1 Å². The normalized spacial score (nSPS) is 20.5. The largest absolute Gasteiger partial charge is 0.282 e. The quantitative estimate of drug-likeness (QED) is 0.797. The van der Waals surface area contributed by atoms with Crippen LogP contribution in [0.5, 0.6) is 0 Å². The van der Waals surface area contributed by atoms with Crippen LogP contribution in [0, 0.1) is 0 Å². The molecule has 1 aromatic carbocycles. The molecule has 1 atom stereocenters. The van der Waals surface area contributed by atoms with Crippen molar-refractivity contribution in [2.24, 2.45) is 0 Å². The molecular weight excluding hydrogens is 188 g/mol. The summed E-state index contributed by atoms with van der Waals surface area (Å²) in [6, 6.07) is 8.44. The van der Waals surface area contributed by atoms with E-state index in [0.29, 0.717) is 6.42 Å². The standard InChI is InChI=1S/C12H16N2O/c1-3-10-6-4-5-7-11(10)14-9(2)8-12(15)13-14/h4-7,9H,3,8H2,1-2H3,(H,13,15). The highest BCUT2D eigenvalue weighted by atomic mass is 16.2. The number of carbonyl (C=O) groups excluding carboxylic acids is 1. The van der Waals surface area contributed by atoms with Gasteiger partial charge >= 0.3 is 0 Å². The Bertz CT molecular complexity index is 376. The SMILES string of the molecule is CCc1ccccc1N1NC(=O)CC1C. The van der Waals surface area contributed by atoms with E-state index in [9.17, 15) is 4.79 Å². The van der Waals surface area contributed by atoms with Crippen LogP contribution in [0.25, 0.3) is 0 Å². The number of aryl methyl sites for hydroxylation is 1. The van der Waals surface area contributed by atoms with Crippen molar-refractivity contribution in [1.82, 2.24) is 5.43 Å². The van der Waals surface area contributed by atoms with Crippen LogP contribution in [0.4, 0.5) is 5.69 Å². The third-order valence-corrected chi connectivity index (χ3v) is 2.80. The fraction of sp³-hybridized carbons (Fsp3) is 0.417. The molecule has 80 valence electrons. The summed E-state index contributed by atoms with van der Waals surface area (Å²) in [5.41, 5.74) is 5.28. The van der Waals surface area contributed by atoms with Crippen molar-refractivity contribution in [2.75, 3.05) is 5.01 Å². The number of benzene rings is 1. The van der Waals surface area contributed by atoms with E-state index in [1.54, 1.807) is 0 Å². The van der Waals surface area contributed by atoms with Gasteiger partial charge in [0.05, 0.1) is 18.2 Å². The first-order valence-corrected chi connectivity index (χ1v) is 5.39. The Morgan fingerprint density at radius 2 is 2.20 bits per heavy atom. The van der Waals surface area contributed by atoms with Gasteiger partial charge in [0.25, 0.3) is 0 Å². The van der Waals surface area contributed by atoms with Crippen LogP contribution in [0.2, 0.25) is 0 Å². The average Bonchev–Trinajstić information content (AvgIpc) is 2.57. The van der Waals surface area contributed by atoms with Crippen molar-refractivity contribution in [3.8, 4) is 0 Å². The topological polar surface area (TPSA) is 32.3 Å². The molecule has 1 fully saturated rings. The number of rotatable bonds is 2. The number of hydrogen-bond acceptors (Lipinski definition) is 2. The van der Waals surface area contributed by atoms with Gasteiger partial charge in [0.15, 0.2) is 0 Å². The van der Waals surface area contributed by atoms with Gasteiger partial charge in [0, 0.05) is 0 Å². The molecule has 1 saturated heterocycles. The van der Waals surface area contributed by atoms with Crippen molar-refractivity contribution in [1.29, 1.82) is 0 Å². The lowest BCUT2D eigenvalue weighted by molar-refractivity contribution is -0.119. The molecule has 0 bridgehead atoms. The lowest BCUT2D eigenvalue weighted by atomic mass is 10.1. The maximum Gasteiger partial charge on any atom is 0.240 e. The summed E-state index contributed by atoms with van der Waals surface area (Å²) in [5.74, 6) is 0.105. The lowest BCUT2D eigenvalue weighted by Crippen LogP contribution is -2.37. The zero-order valence-corrected chi connectivity index (χ0v) is 9.16.